The quantitative estimate of drug-likeness (QED) is 0.652. The largest absolute Gasteiger partial charge is 0.456 e. The van der Waals surface area contributed by atoms with Gasteiger partial charge in [-0.05, 0) is 13.8 Å². The maximum atomic E-state index is 15.3. The van der Waals surface area contributed by atoms with Gasteiger partial charge in [0.1, 0.15) is 11.9 Å². The number of aliphatic hydroxyl groups is 1. The number of alkyl halides is 1. The van der Waals surface area contributed by atoms with Crippen molar-refractivity contribution in [1.82, 2.24) is 9.55 Å². The molecular formula is C15H19FN2O7. The summed E-state index contributed by atoms with van der Waals surface area (Å²) in [6, 6.07) is 1.01. The Labute approximate surface area is 141 Å². The molecule has 1 aromatic heterocycles. The molecule has 1 aliphatic rings. The Morgan fingerprint density at radius 3 is 2.68 bits per heavy atom. The Hall–Kier alpha value is -2.33. The molecule has 138 valence electrons. The SMILES string of the molecule is CC(=O)CCC(=O)O[C@@H]1[C@@H](CO)O[C@@H](n2ccc(=O)[nH]c2=O)[C@]1(C)F. The van der Waals surface area contributed by atoms with Crippen molar-refractivity contribution in [2.75, 3.05) is 6.61 Å². The Balaban J connectivity index is 2.26. The van der Waals surface area contributed by atoms with Crippen molar-refractivity contribution in [3.05, 3.63) is 33.1 Å². The molecule has 1 aliphatic heterocycles. The molecule has 0 amide bonds. The number of aromatic nitrogens is 2. The number of carbonyl (C=O) groups is 2. The molecule has 2 N–H and O–H groups in total. The van der Waals surface area contributed by atoms with Gasteiger partial charge in [-0.1, -0.05) is 0 Å². The number of esters is 1. The Kier molecular flexibility index (Phi) is 5.53. The zero-order valence-electron chi connectivity index (χ0n) is 13.7. The number of halogens is 1. The van der Waals surface area contributed by atoms with Crippen LogP contribution in [0.4, 0.5) is 4.39 Å². The number of Topliss-reactive ketones (excluding diaryl/α,β-unsaturated/α-hetero) is 1. The van der Waals surface area contributed by atoms with Crippen LogP contribution in [0.15, 0.2) is 21.9 Å². The van der Waals surface area contributed by atoms with Gasteiger partial charge >= 0.3 is 11.7 Å². The fourth-order valence-electron chi connectivity index (χ4n) is 2.63. The van der Waals surface area contributed by atoms with Crippen LogP contribution in [0.5, 0.6) is 0 Å². The number of H-pyrrole nitrogens is 1. The third kappa shape index (κ3) is 4.02. The van der Waals surface area contributed by atoms with Crippen molar-refractivity contribution >= 4 is 11.8 Å². The van der Waals surface area contributed by atoms with Crippen molar-refractivity contribution in [2.24, 2.45) is 0 Å². The highest BCUT2D eigenvalue weighted by atomic mass is 19.1. The van der Waals surface area contributed by atoms with Crippen molar-refractivity contribution in [3.8, 4) is 0 Å². The first-order valence-electron chi connectivity index (χ1n) is 7.62. The van der Waals surface area contributed by atoms with E-state index in [1.807, 2.05) is 4.98 Å². The lowest BCUT2D eigenvalue weighted by Gasteiger charge is -2.27. The Bertz CT molecular complexity index is 770. The van der Waals surface area contributed by atoms with E-state index >= 15 is 4.39 Å². The first kappa shape index (κ1) is 19.0. The van der Waals surface area contributed by atoms with E-state index in [0.29, 0.717) is 0 Å². The summed E-state index contributed by atoms with van der Waals surface area (Å²) in [7, 11) is 0. The number of nitrogens with zero attached hydrogens (tertiary/aromatic N) is 1. The molecule has 0 radical (unpaired) electrons. The number of hydrogen-bond donors (Lipinski definition) is 2. The van der Waals surface area contributed by atoms with Crippen LogP contribution in [0.3, 0.4) is 0 Å². The van der Waals surface area contributed by atoms with Crippen molar-refractivity contribution in [1.29, 1.82) is 0 Å². The lowest BCUT2D eigenvalue weighted by atomic mass is 9.98. The van der Waals surface area contributed by atoms with Crippen molar-refractivity contribution in [2.45, 2.75) is 50.8 Å². The van der Waals surface area contributed by atoms with Gasteiger partial charge in [-0.25, -0.2) is 9.18 Å². The van der Waals surface area contributed by atoms with Gasteiger partial charge in [0.2, 0.25) is 0 Å². The van der Waals surface area contributed by atoms with Gasteiger partial charge in [-0.3, -0.25) is 19.1 Å². The predicted octanol–water partition coefficient (Wildman–Crippen LogP) is -0.564. The summed E-state index contributed by atoms with van der Waals surface area (Å²) in [5, 5.41) is 9.40. The fraction of sp³-hybridized carbons (Fsp3) is 0.600. The number of rotatable bonds is 6. The average Bonchev–Trinajstić information content (AvgIpc) is 2.76. The minimum absolute atomic E-state index is 0.0536. The molecule has 0 aliphatic carbocycles. The molecule has 0 spiro atoms. The van der Waals surface area contributed by atoms with Crippen LogP contribution in [-0.2, 0) is 19.1 Å². The zero-order valence-corrected chi connectivity index (χ0v) is 13.7. The van der Waals surface area contributed by atoms with Crippen molar-refractivity contribution in [3.63, 3.8) is 0 Å². The molecule has 1 saturated heterocycles. The summed E-state index contributed by atoms with van der Waals surface area (Å²) in [4.78, 5) is 47.7. The second kappa shape index (κ2) is 7.28. The minimum Gasteiger partial charge on any atom is -0.456 e. The first-order chi connectivity index (χ1) is 11.7. The summed E-state index contributed by atoms with van der Waals surface area (Å²) in [5.74, 6) is -1.04. The molecule has 2 heterocycles. The Morgan fingerprint density at radius 2 is 2.12 bits per heavy atom. The Morgan fingerprint density at radius 1 is 1.44 bits per heavy atom. The van der Waals surface area contributed by atoms with E-state index in [1.54, 1.807) is 0 Å². The van der Waals surface area contributed by atoms with E-state index < -0.39 is 47.9 Å². The molecule has 0 saturated carbocycles. The van der Waals surface area contributed by atoms with Crippen LogP contribution in [-0.4, -0.2) is 50.9 Å². The summed E-state index contributed by atoms with van der Waals surface area (Å²) < 4.78 is 26.5. The molecule has 1 aromatic rings. The van der Waals surface area contributed by atoms with E-state index in [1.165, 1.54) is 6.92 Å². The fourth-order valence-corrected chi connectivity index (χ4v) is 2.63. The summed E-state index contributed by atoms with van der Waals surface area (Å²) in [5.41, 5.74) is -3.92. The smallest absolute Gasteiger partial charge is 0.330 e. The van der Waals surface area contributed by atoms with Gasteiger partial charge in [0, 0.05) is 18.7 Å². The molecule has 0 unspecified atom stereocenters. The van der Waals surface area contributed by atoms with Crippen LogP contribution in [0.2, 0.25) is 0 Å². The lowest BCUT2D eigenvalue weighted by Crippen LogP contribution is -2.46. The molecule has 4 atom stereocenters. The number of ether oxygens (including phenoxy) is 2. The molecule has 0 aromatic carbocycles. The number of ketones is 1. The normalized spacial score (nSPS) is 28.7. The first-order valence-corrected chi connectivity index (χ1v) is 7.62. The van der Waals surface area contributed by atoms with E-state index in [2.05, 4.69) is 0 Å². The van der Waals surface area contributed by atoms with E-state index in [0.717, 1.165) is 23.8 Å². The highest BCUT2D eigenvalue weighted by Gasteiger charge is 2.57. The average molecular weight is 358 g/mol. The molecule has 10 heteroatoms. The van der Waals surface area contributed by atoms with E-state index in [-0.39, 0.29) is 18.6 Å². The third-order valence-corrected chi connectivity index (χ3v) is 3.90. The van der Waals surface area contributed by atoms with Crippen LogP contribution < -0.4 is 11.2 Å². The molecule has 2 rings (SSSR count). The molecule has 0 bridgehead atoms. The standard InChI is InChI=1S/C15H19FN2O7/c1-8(20)3-4-11(22)25-12-9(7-19)24-13(15(12,2)16)18-6-5-10(21)17-14(18)23/h5-6,9,12-13,19H,3-4,7H2,1-2H3,(H,17,21,23)/t9-,12-,13-,15-/m1/s1. The van der Waals surface area contributed by atoms with E-state index in [4.69, 9.17) is 9.47 Å². The zero-order chi connectivity index (χ0) is 18.8. The van der Waals surface area contributed by atoms with Gasteiger partial charge in [0.15, 0.2) is 18.0 Å². The van der Waals surface area contributed by atoms with Gasteiger partial charge in [-0.2, -0.15) is 0 Å². The van der Waals surface area contributed by atoms with Crippen LogP contribution in [0.1, 0.15) is 32.9 Å². The summed E-state index contributed by atoms with van der Waals surface area (Å²) >= 11 is 0. The van der Waals surface area contributed by atoms with Gasteiger partial charge in [-0.15, -0.1) is 0 Å². The number of nitrogens with one attached hydrogen (secondary N) is 1. The second-order valence-electron chi connectivity index (χ2n) is 5.99. The molecular weight excluding hydrogens is 339 g/mol. The van der Waals surface area contributed by atoms with E-state index in [9.17, 15) is 24.3 Å². The lowest BCUT2D eigenvalue weighted by molar-refractivity contribution is -0.159. The van der Waals surface area contributed by atoms with Crippen LogP contribution in [0.25, 0.3) is 0 Å². The number of carbonyl (C=O) groups excluding carboxylic acids is 2. The summed E-state index contributed by atoms with van der Waals surface area (Å²) in [6.45, 7) is 1.72. The van der Waals surface area contributed by atoms with Crippen LogP contribution >= 0.6 is 0 Å². The highest BCUT2D eigenvalue weighted by molar-refractivity contribution is 5.81. The highest BCUT2D eigenvalue weighted by Crippen LogP contribution is 2.42. The number of hydrogen-bond acceptors (Lipinski definition) is 7. The second-order valence-corrected chi connectivity index (χ2v) is 5.99. The topological polar surface area (TPSA) is 128 Å². The minimum atomic E-state index is -2.36. The molecule has 25 heavy (non-hydrogen) atoms. The molecule has 1 fully saturated rings. The maximum Gasteiger partial charge on any atom is 0.330 e. The van der Waals surface area contributed by atoms with Crippen LogP contribution in [0, 0.1) is 0 Å². The van der Waals surface area contributed by atoms with Crippen molar-refractivity contribution < 1.29 is 28.6 Å². The number of aromatic amines is 1. The maximum absolute atomic E-state index is 15.3. The predicted molar refractivity (Wildman–Crippen MR) is 81.6 cm³/mol. The third-order valence-electron chi connectivity index (χ3n) is 3.90. The number of aliphatic hydroxyl groups excluding tert-OH is 1. The monoisotopic (exact) mass is 358 g/mol. The summed E-state index contributed by atoms with van der Waals surface area (Å²) in [6.07, 6.45) is -3.44. The molecule has 9 nitrogen and oxygen atoms in total. The van der Waals surface area contributed by atoms with Gasteiger partial charge in [0.25, 0.3) is 5.56 Å². The van der Waals surface area contributed by atoms with Gasteiger partial charge in [0.05, 0.1) is 13.0 Å². The van der Waals surface area contributed by atoms with Gasteiger partial charge < -0.3 is 19.4 Å².